The van der Waals surface area contributed by atoms with E-state index in [9.17, 15) is 18.0 Å². The molecule has 0 heterocycles. The second kappa shape index (κ2) is 6.32. The summed E-state index contributed by atoms with van der Waals surface area (Å²) < 4.78 is 35.4. The monoisotopic (exact) mass is 228 g/mol. The average Bonchev–Trinajstić information content (AvgIpc) is 2.03. The summed E-state index contributed by atoms with van der Waals surface area (Å²) in [4.78, 5) is 10.5. The van der Waals surface area contributed by atoms with Gasteiger partial charge in [0, 0.05) is 11.7 Å². The van der Waals surface area contributed by atoms with Gasteiger partial charge in [-0.2, -0.15) is 25.8 Å². The van der Waals surface area contributed by atoms with Crippen LogP contribution in [0.15, 0.2) is 0 Å². The summed E-state index contributed by atoms with van der Waals surface area (Å²) in [6.07, 6.45) is -1.83. The second-order valence-electron chi connectivity index (χ2n) is 3.27. The van der Waals surface area contributed by atoms with Crippen LogP contribution in [0.3, 0.4) is 0 Å². The van der Waals surface area contributed by atoms with Crippen molar-refractivity contribution in [1.29, 1.82) is 0 Å². The lowest BCUT2D eigenvalue weighted by molar-refractivity contribution is -0.171. The Kier molecular flexibility index (Phi) is 6.24. The lowest BCUT2D eigenvalue weighted by atomic mass is 10.1. The fourth-order valence-corrected chi connectivity index (χ4v) is 1.41. The first-order valence-corrected chi connectivity index (χ1v) is 5.17. The van der Waals surface area contributed by atoms with E-state index >= 15 is 0 Å². The summed E-state index contributed by atoms with van der Waals surface area (Å²) in [5.41, 5.74) is 0. The maximum atomic E-state index is 11.8. The van der Waals surface area contributed by atoms with Crippen molar-refractivity contribution in [2.75, 3.05) is 0 Å². The Morgan fingerprint density at radius 1 is 1.36 bits per heavy atom. The Hall–Kier alpha value is -0.190. The standard InChI is InChI=1S/C9H15F3OS/c1-2-3-4-5-7(14)6-8(13)9(10,11)12/h7,14H,2-6H2,1H3. The maximum Gasteiger partial charge on any atom is 0.450 e. The minimum Gasteiger partial charge on any atom is -0.290 e. The third-order valence-corrected chi connectivity index (χ3v) is 2.32. The molecule has 0 bridgehead atoms. The highest BCUT2D eigenvalue weighted by Gasteiger charge is 2.38. The van der Waals surface area contributed by atoms with E-state index in [-0.39, 0.29) is 0 Å². The third kappa shape index (κ3) is 6.29. The molecule has 0 fully saturated rings. The number of Topliss-reactive ketones (excluding diaryl/α,β-unsaturated/α-hetero) is 1. The van der Waals surface area contributed by atoms with Crippen molar-refractivity contribution in [2.24, 2.45) is 0 Å². The summed E-state index contributed by atoms with van der Waals surface area (Å²) in [6, 6.07) is 0. The molecule has 0 aliphatic carbocycles. The van der Waals surface area contributed by atoms with Crippen LogP contribution in [0.4, 0.5) is 13.2 Å². The largest absolute Gasteiger partial charge is 0.450 e. The molecule has 0 spiro atoms. The smallest absolute Gasteiger partial charge is 0.290 e. The minimum absolute atomic E-state index is 0.462. The molecular weight excluding hydrogens is 213 g/mol. The normalized spacial score (nSPS) is 14.1. The molecule has 0 aliphatic rings. The molecule has 14 heavy (non-hydrogen) atoms. The van der Waals surface area contributed by atoms with Crippen LogP contribution in [0, 0.1) is 0 Å². The lowest BCUT2D eigenvalue weighted by Crippen LogP contribution is -2.25. The highest BCUT2D eigenvalue weighted by Crippen LogP contribution is 2.22. The zero-order chi connectivity index (χ0) is 11.2. The number of carbonyl (C=O) groups excluding carboxylic acids is 1. The number of thiol groups is 1. The number of hydrogen-bond donors (Lipinski definition) is 1. The number of unbranched alkanes of at least 4 members (excludes halogenated alkanes) is 2. The Morgan fingerprint density at radius 2 is 1.93 bits per heavy atom. The van der Waals surface area contributed by atoms with Gasteiger partial charge in [0.1, 0.15) is 0 Å². The maximum absolute atomic E-state index is 11.8. The highest BCUT2D eigenvalue weighted by atomic mass is 32.1. The topological polar surface area (TPSA) is 17.1 Å². The van der Waals surface area contributed by atoms with E-state index in [4.69, 9.17) is 0 Å². The molecule has 1 nitrogen and oxygen atoms in total. The van der Waals surface area contributed by atoms with Crippen LogP contribution in [0.25, 0.3) is 0 Å². The van der Waals surface area contributed by atoms with Gasteiger partial charge in [0.25, 0.3) is 0 Å². The minimum atomic E-state index is -4.70. The number of alkyl halides is 3. The summed E-state index contributed by atoms with van der Waals surface area (Å²) in [5.74, 6) is -1.67. The van der Waals surface area contributed by atoms with E-state index in [0.29, 0.717) is 6.42 Å². The van der Waals surface area contributed by atoms with Gasteiger partial charge >= 0.3 is 6.18 Å². The number of halogens is 3. The van der Waals surface area contributed by atoms with Crippen LogP contribution in [0.1, 0.15) is 39.0 Å². The number of hydrogen-bond acceptors (Lipinski definition) is 2. The Bertz CT molecular complexity index is 179. The van der Waals surface area contributed by atoms with Crippen LogP contribution in [-0.2, 0) is 4.79 Å². The molecule has 0 radical (unpaired) electrons. The van der Waals surface area contributed by atoms with Crippen molar-refractivity contribution in [3.8, 4) is 0 Å². The Morgan fingerprint density at radius 3 is 2.36 bits per heavy atom. The van der Waals surface area contributed by atoms with Gasteiger partial charge in [-0.15, -0.1) is 0 Å². The fourth-order valence-electron chi connectivity index (χ4n) is 1.06. The molecule has 0 aromatic carbocycles. The van der Waals surface area contributed by atoms with E-state index in [2.05, 4.69) is 12.6 Å². The number of ketones is 1. The highest BCUT2D eigenvalue weighted by molar-refractivity contribution is 7.81. The molecule has 0 rings (SSSR count). The molecule has 0 aliphatic heterocycles. The zero-order valence-electron chi connectivity index (χ0n) is 8.10. The van der Waals surface area contributed by atoms with Gasteiger partial charge in [0.2, 0.25) is 5.78 Å². The second-order valence-corrected chi connectivity index (χ2v) is 4.00. The van der Waals surface area contributed by atoms with E-state index in [1.54, 1.807) is 0 Å². The van der Waals surface area contributed by atoms with Crippen LogP contribution < -0.4 is 0 Å². The summed E-state index contributed by atoms with van der Waals surface area (Å²) in [6.45, 7) is 2.01. The molecule has 0 saturated carbocycles. The van der Waals surface area contributed by atoms with Crippen LogP contribution >= 0.6 is 12.6 Å². The molecule has 0 saturated heterocycles. The molecule has 1 atom stereocenters. The molecule has 0 aromatic heterocycles. The molecule has 5 heteroatoms. The van der Waals surface area contributed by atoms with Gasteiger partial charge < -0.3 is 0 Å². The fraction of sp³-hybridized carbons (Fsp3) is 0.889. The van der Waals surface area contributed by atoms with Gasteiger partial charge in [0.15, 0.2) is 0 Å². The van der Waals surface area contributed by atoms with Crippen LogP contribution in [-0.4, -0.2) is 17.2 Å². The van der Waals surface area contributed by atoms with Gasteiger partial charge in [0.05, 0.1) is 0 Å². The van der Waals surface area contributed by atoms with Crippen molar-refractivity contribution in [3.63, 3.8) is 0 Å². The summed E-state index contributed by atoms with van der Waals surface area (Å²) in [5, 5.41) is -0.462. The first-order chi connectivity index (χ1) is 6.38. The predicted octanol–water partition coefficient (Wildman–Crippen LogP) is 3.39. The van der Waals surface area contributed by atoms with Crippen molar-refractivity contribution in [2.45, 2.75) is 50.5 Å². The quantitative estimate of drug-likeness (QED) is 0.544. The lowest BCUT2D eigenvalue weighted by Gasteiger charge is -2.10. The molecular formula is C9H15F3OS. The molecule has 84 valence electrons. The van der Waals surface area contributed by atoms with Crippen molar-refractivity contribution >= 4 is 18.4 Å². The van der Waals surface area contributed by atoms with Crippen molar-refractivity contribution < 1.29 is 18.0 Å². The third-order valence-electron chi connectivity index (χ3n) is 1.88. The van der Waals surface area contributed by atoms with Crippen molar-refractivity contribution in [1.82, 2.24) is 0 Å². The van der Waals surface area contributed by atoms with E-state index in [1.165, 1.54) is 0 Å². The zero-order valence-corrected chi connectivity index (χ0v) is 9.00. The van der Waals surface area contributed by atoms with Gasteiger partial charge in [-0.1, -0.05) is 26.2 Å². The summed E-state index contributed by atoms with van der Waals surface area (Å²) in [7, 11) is 0. The van der Waals surface area contributed by atoms with Crippen LogP contribution in [0.5, 0.6) is 0 Å². The molecule has 0 amide bonds. The van der Waals surface area contributed by atoms with Gasteiger partial charge in [-0.25, -0.2) is 0 Å². The van der Waals surface area contributed by atoms with E-state index in [1.807, 2.05) is 6.92 Å². The average molecular weight is 228 g/mol. The molecule has 0 N–H and O–H groups in total. The predicted molar refractivity (Wildman–Crippen MR) is 52.6 cm³/mol. The number of carbonyl (C=O) groups is 1. The van der Waals surface area contributed by atoms with Crippen LogP contribution in [0.2, 0.25) is 0 Å². The first kappa shape index (κ1) is 13.8. The van der Waals surface area contributed by atoms with E-state index in [0.717, 1.165) is 19.3 Å². The first-order valence-electron chi connectivity index (χ1n) is 4.66. The SMILES string of the molecule is CCCCCC(S)CC(=O)C(F)(F)F. The Balaban J connectivity index is 3.72. The van der Waals surface area contributed by atoms with Gasteiger partial charge in [-0.05, 0) is 6.42 Å². The number of rotatable bonds is 6. The summed E-state index contributed by atoms with van der Waals surface area (Å²) >= 11 is 3.95. The van der Waals surface area contributed by atoms with E-state index < -0.39 is 23.6 Å². The van der Waals surface area contributed by atoms with Gasteiger partial charge in [-0.3, -0.25) is 4.79 Å². The Labute approximate surface area is 87.5 Å². The van der Waals surface area contributed by atoms with Crippen molar-refractivity contribution in [3.05, 3.63) is 0 Å². The molecule has 0 aromatic rings. The molecule has 1 unspecified atom stereocenters.